The maximum atomic E-state index is 12.2. The van der Waals surface area contributed by atoms with Crippen molar-refractivity contribution in [2.24, 2.45) is 5.92 Å². The molecule has 1 aliphatic rings. The van der Waals surface area contributed by atoms with E-state index in [-0.39, 0.29) is 5.91 Å². The maximum Gasteiger partial charge on any atom is 0.222 e. The molecule has 0 spiro atoms. The number of carbonyl (C=O) groups excluding carboxylic acids is 1. The van der Waals surface area contributed by atoms with Crippen LogP contribution in [0.2, 0.25) is 0 Å². The Morgan fingerprint density at radius 2 is 2.35 bits per heavy atom. The van der Waals surface area contributed by atoms with Crippen molar-refractivity contribution in [1.82, 2.24) is 9.88 Å². The molecule has 0 aromatic carbocycles. The summed E-state index contributed by atoms with van der Waals surface area (Å²) in [5, 5.41) is 9.07. The molecule has 1 fully saturated rings. The number of aromatic nitrogens is 1. The van der Waals surface area contributed by atoms with E-state index in [4.69, 9.17) is 5.26 Å². The Labute approximate surface area is 120 Å². The molecule has 4 heteroatoms. The second-order valence-electron chi connectivity index (χ2n) is 5.42. The molecule has 1 amide bonds. The highest BCUT2D eigenvalue weighted by atomic mass is 16.2. The van der Waals surface area contributed by atoms with Crippen LogP contribution in [0.25, 0.3) is 0 Å². The summed E-state index contributed by atoms with van der Waals surface area (Å²) in [6.07, 6.45) is 6.71. The lowest BCUT2D eigenvalue weighted by molar-refractivity contribution is -0.131. The van der Waals surface area contributed by atoms with E-state index in [1.807, 2.05) is 17.0 Å². The molecular weight excluding hydrogens is 250 g/mol. The Morgan fingerprint density at radius 1 is 1.50 bits per heavy atom. The van der Waals surface area contributed by atoms with Gasteiger partial charge in [0, 0.05) is 31.3 Å². The van der Waals surface area contributed by atoms with Crippen molar-refractivity contribution < 1.29 is 4.79 Å². The van der Waals surface area contributed by atoms with Gasteiger partial charge in [0.1, 0.15) is 11.8 Å². The molecule has 1 saturated heterocycles. The predicted octanol–water partition coefficient (Wildman–Crippen LogP) is 2.88. The van der Waals surface area contributed by atoms with Gasteiger partial charge >= 0.3 is 0 Å². The van der Waals surface area contributed by atoms with E-state index in [0.29, 0.717) is 24.6 Å². The number of hydrogen-bond acceptors (Lipinski definition) is 3. The summed E-state index contributed by atoms with van der Waals surface area (Å²) < 4.78 is 0. The number of rotatable bonds is 4. The topological polar surface area (TPSA) is 57.0 Å². The van der Waals surface area contributed by atoms with Crippen molar-refractivity contribution in [1.29, 1.82) is 5.26 Å². The number of hydrogen-bond donors (Lipinski definition) is 0. The van der Waals surface area contributed by atoms with Gasteiger partial charge in [-0.3, -0.25) is 4.79 Å². The molecule has 1 unspecified atom stereocenters. The average molecular weight is 271 g/mol. The van der Waals surface area contributed by atoms with Crippen molar-refractivity contribution in [2.45, 2.75) is 45.6 Å². The molecule has 0 N–H and O–H groups in total. The monoisotopic (exact) mass is 271 g/mol. The zero-order valence-electron chi connectivity index (χ0n) is 12.0. The molecule has 1 aliphatic heterocycles. The van der Waals surface area contributed by atoms with Gasteiger partial charge < -0.3 is 4.90 Å². The molecule has 0 bridgehead atoms. The van der Waals surface area contributed by atoms with Gasteiger partial charge in [0.25, 0.3) is 0 Å². The van der Waals surface area contributed by atoms with Gasteiger partial charge in [0.2, 0.25) is 5.91 Å². The average Bonchev–Trinajstić information content (AvgIpc) is 2.64. The highest BCUT2D eigenvalue weighted by molar-refractivity contribution is 5.76. The van der Waals surface area contributed by atoms with Crippen LogP contribution in [0.4, 0.5) is 0 Å². The zero-order chi connectivity index (χ0) is 14.4. The first kappa shape index (κ1) is 14.5. The summed E-state index contributed by atoms with van der Waals surface area (Å²) in [5.41, 5.74) is 1.27. The summed E-state index contributed by atoms with van der Waals surface area (Å²) in [7, 11) is 0. The molecule has 20 heavy (non-hydrogen) atoms. The number of carbonyl (C=O) groups is 1. The third kappa shape index (κ3) is 3.57. The molecule has 1 atom stereocenters. The molecule has 0 radical (unpaired) electrons. The van der Waals surface area contributed by atoms with Crippen molar-refractivity contribution in [2.75, 3.05) is 6.54 Å². The summed E-state index contributed by atoms with van der Waals surface area (Å²) in [6, 6.07) is 5.80. The summed E-state index contributed by atoms with van der Waals surface area (Å²) >= 11 is 0. The minimum absolute atomic E-state index is 0.205. The molecule has 0 aliphatic carbocycles. The first-order valence-electron chi connectivity index (χ1n) is 7.36. The van der Waals surface area contributed by atoms with Crippen molar-refractivity contribution in [3.63, 3.8) is 0 Å². The Kier molecular flexibility index (Phi) is 5.11. The smallest absolute Gasteiger partial charge is 0.222 e. The first-order chi connectivity index (χ1) is 9.74. The molecule has 1 aromatic rings. The van der Waals surface area contributed by atoms with Gasteiger partial charge in [-0.1, -0.05) is 25.8 Å². The van der Waals surface area contributed by atoms with E-state index in [1.54, 1.807) is 6.20 Å². The van der Waals surface area contributed by atoms with Gasteiger partial charge in [-0.15, -0.1) is 0 Å². The van der Waals surface area contributed by atoms with E-state index < -0.39 is 0 Å². The Balaban J connectivity index is 2.05. The van der Waals surface area contributed by atoms with Gasteiger partial charge in [0.15, 0.2) is 0 Å². The van der Waals surface area contributed by atoms with Crippen molar-refractivity contribution in [3.05, 3.63) is 29.6 Å². The Bertz CT molecular complexity index is 507. The van der Waals surface area contributed by atoms with Crippen LogP contribution in [0.15, 0.2) is 18.3 Å². The molecular formula is C16H21N3O. The number of amides is 1. The minimum Gasteiger partial charge on any atom is -0.338 e. The largest absolute Gasteiger partial charge is 0.338 e. The molecule has 0 saturated carbocycles. The third-order valence-electron chi connectivity index (χ3n) is 3.98. The van der Waals surface area contributed by atoms with Crippen LogP contribution in [0.5, 0.6) is 0 Å². The van der Waals surface area contributed by atoms with E-state index in [1.165, 1.54) is 12.8 Å². The number of nitriles is 1. The van der Waals surface area contributed by atoms with Crippen LogP contribution < -0.4 is 0 Å². The SMILES string of the molecule is CCCC1CCC(=O)N(Cc2cccnc2C#N)CC1. The quantitative estimate of drug-likeness (QED) is 0.846. The normalized spacial score (nSPS) is 19.5. The van der Waals surface area contributed by atoms with E-state index in [2.05, 4.69) is 18.0 Å². The van der Waals surface area contributed by atoms with E-state index >= 15 is 0 Å². The van der Waals surface area contributed by atoms with Crippen LogP contribution in [-0.4, -0.2) is 22.3 Å². The minimum atomic E-state index is 0.205. The fraction of sp³-hybridized carbons (Fsp3) is 0.562. The first-order valence-corrected chi connectivity index (χ1v) is 7.36. The second kappa shape index (κ2) is 7.04. The van der Waals surface area contributed by atoms with Gasteiger partial charge in [0.05, 0.1) is 0 Å². The molecule has 2 rings (SSSR count). The zero-order valence-corrected chi connectivity index (χ0v) is 12.0. The van der Waals surface area contributed by atoms with Gasteiger partial charge in [-0.05, 0) is 24.8 Å². The van der Waals surface area contributed by atoms with Crippen LogP contribution in [0, 0.1) is 17.2 Å². The highest BCUT2D eigenvalue weighted by Crippen LogP contribution is 2.23. The van der Waals surface area contributed by atoms with E-state index in [0.717, 1.165) is 24.9 Å². The maximum absolute atomic E-state index is 12.2. The summed E-state index contributed by atoms with van der Waals surface area (Å²) in [4.78, 5) is 18.1. The van der Waals surface area contributed by atoms with Crippen molar-refractivity contribution in [3.8, 4) is 6.07 Å². The van der Waals surface area contributed by atoms with Gasteiger partial charge in [-0.2, -0.15) is 5.26 Å². The fourth-order valence-corrected chi connectivity index (χ4v) is 2.83. The Morgan fingerprint density at radius 3 is 3.10 bits per heavy atom. The molecule has 4 nitrogen and oxygen atoms in total. The summed E-state index contributed by atoms with van der Waals surface area (Å²) in [6.45, 7) is 3.50. The lowest BCUT2D eigenvalue weighted by Crippen LogP contribution is -2.30. The lowest BCUT2D eigenvalue weighted by atomic mass is 9.96. The predicted molar refractivity (Wildman–Crippen MR) is 76.6 cm³/mol. The molecule has 1 aromatic heterocycles. The second-order valence-corrected chi connectivity index (χ2v) is 5.42. The Hall–Kier alpha value is -1.89. The van der Waals surface area contributed by atoms with Crippen LogP contribution in [0.1, 0.15) is 50.3 Å². The highest BCUT2D eigenvalue weighted by Gasteiger charge is 2.22. The standard InChI is InChI=1S/C16H21N3O/c1-2-4-13-6-7-16(20)19(10-8-13)12-14-5-3-9-18-15(14)11-17/h3,5,9,13H,2,4,6-8,10,12H2,1H3. The number of likely N-dealkylation sites (tertiary alicyclic amines) is 1. The van der Waals surface area contributed by atoms with Crippen LogP contribution in [-0.2, 0) is 11.3 Å². The number of pyridine rings is 1. The van der Waals surface area contributed by atoms with Crippen LogP contribution in [0.3, 0.4) is 0 Å². The lowest BCUT2D eigenvalue weighted by Gasteiger charge is -2.21. The summed E-state index contributed by atoms with van der Waals surface area (Å²) in [5.74, 6) is 0.870. The van der Waals surface area contributed by atoms with Crippen LogP contribution >= 0.6 is 0 Å². The molecule has 106 valence electrons. The van der Waals surface area contributed by atoms with E-state index in [9.17, 15) is 4.79 Å². The van der Waals surface area contributed by atoms with Gasteiger partial charge in [-0.25, -0.2) is 4.98 Å². The fourth-order valence-electron chi connectivity index (χ4n) is 2.83. The number of nitrogens with zero attached hydrogens (tertiary/aromatic N) is 3. The molecule has 2 heterocycles. The third-order valence-corrected chi connectivity index (χ3v) is 3.98. The van der Waals surface area contributed by atoms with Crippen molar-refractivity contribution >= 4 is 5.91 Å².